The van der Waals surface area contributed by atoms with Gasteiger partial charge in [0.2, 0.25) is 0 Å². The molecule has 0 atom stereocenters. The summed E-state index contributed by atoms with van der Waals surface area (Å²) in [5.74, 6) is 0. The lowest BCUT2D eigenvalue weighted by Gasteiger charge is -2.08. The zero-order chi connectivity index (χ0) is 37.0. The Morgan fingerprint density at radius 1 is 0.346 bits per heavy atom. The van der Waals surface area contributed by atoms with Gasteiger partial charge in [-0.2, -0.15) is 0 Å². The van der Waals surface area contributed by atoms with Crippen molar-refractivity contribution in [3.05, 3.63) is 178 Å². The summed E-state index contributed by atoms with van der Waals surface area (Å²) in [6.45, 7) is 16.3. The third kappa shape index (κ3) is 9.98. The summed E-state index contributed by atoms with van der Waals surface area (Å²) in [7, 11) is 0. The van der Waals surface area contributed by atoms with Crippen LogP contribution in [0.4, 0.5) is 22.7 Å². The van der Waals surface area contributed by atoms with Crippen LogP contribution in [-0.2, 0) is 0 Å². The van der Waals surface area contributed by atoms with Gasteiger partial charge in [0.05, 0.1) is 68.4 Å². The van der Waals surface area contributed by atoms with Crippen molar-refractivity contribution in [2.24, 2.45) is 20.0 Å². The van der Waals surface area contributed by atoms with Gasteiger partial charge in [0.25, 0.3) is 0 Å². The zero-order valence-electron chi connectivity index (χ0n) is 31.4. The number of hydrogen-bond donors (Lipinski definition) is 0. The summed E-state index contributed by atoms with van der Waals surface area (Å²) in [5, 5.41) is 0. The van der Waals surface area contributed by atoms with Gasteiger partial charge in [-0.25, -0.2) is 9.97 Å². The van der Waals surface area contributed by atoms with Gasteiger partial charge in [-0.1, -0.05) is 84.9 Å². The summed E-state index contributed by atoms with van der Waals surface area (Å²) < 4.78 is 0. The fraction of sp³-hybridized carbons (Fsp3) is 0.174. The van der Waals surface area contributed by atoms with Crippen LogP contribution in [0.3, 0.4) is 0 Å². The molecule has 0 N–H and O–H groups in total. The van der Waals surface area contributed by atoms with Crippen LogP contribution < -0.4 is 0 Å². The van der Waals surface area contributed by atoms with Crippen LogP contribution in [0.25, 0.3) is 0 Å². The molecule has 0 aliphatic rings. The van der Waals surface area contributed by atoms with E-state index in [0.717, 1.165) is 79.5 Å². The maximum absolute atomic E-state index is 4.83. The lowest BCUT2D eigenvalue weighted by Crippen LogP contribution is -2.05. The first kappa shape index (κ1) is 37.1. The third-order valence-corrected chi connectivity index (χ3v) is 8.56. The molecule has 0 aliphatic carbocycles. The number of para-hydroxylation sites is 4. The predicted octanol–water partition coefficient (Wildman–Crippen LogP) is 12.0. The summed E-state index contributed by atoms with van der Waals surface area (Å²) in [6, 6.07) is 44.3. The number of aromatic nitrogens is 2. The second-order valence-corrected chi connectivity index (χ2v) is 12.8. The minimum Gasteiger partial charge on any atom is -0.252 e. The zero-order valence-corrected chi connectivity index (χ0v) is 31.4. The van der Waals surface area contributed by atoms with Crippen molar-refractivity contribution in [3.63, 3.8) is 0 Å². The molecular formula is C46H46N6. The Bertz CT molecular complexity index is 2180. The van der Waals surface area contributed by atoms with E-state index in [0.29, 0.717) is 0 Å². The summed E-state index contributed by atoms with van der Waals surface area (Å²) >= 11 is 0. The fourth-order valence-corrected chi connectivity index (χ4v) is 5.49. The van der Waals surface area contributed by atoms with Crippen molar-refractivity contribution in [1.82, 2.24) is 9.97 Å². The van der Waals surface area contributed by atoms with Crippen LogP contribution in [0.1, 0.15) is 72.7 Å². The molecule has 0 aliphatic heterocycles. The first-order valence-corrected chi connectivity index (χ1v) is 17.5. The van der Waals surface area contributed by atoms with Gasteiger partial charge in [0, 0.05) is 0 Å². The molecular weight excluding hydrogens is 637 g/mol. The molecule has 52 heavy (non-hydrogen) atoms. The smallest absolute Gasteiger partial charge is 0.0849 e. The van der Waals surface area contributed by atoms with Crippen molar-refractivity contribution in [2.45, 2.75) is 55.4 Å². The average Bonchev–Trinajstić information content (AvgIpc) is 3.15. The van der Waals surface area contributed by atoms with Crippen molar-refractivity contribution in [3.8, 4) is 0 Å². The molecule has 0 radical (unpaired) electrons. The van der Waals surface area contributed by atoms with E-state index in [9.17, 15) is 0 Å². The molecule has 2 aromatic heterocycles. The molecule has 6 heteroatoms. The molecule has 0 fully saturated rings. The number of pyridine rings is 2. The lowest BCUT2D eigenvalue weighted by molar-refractivity contribution is 1.23. The van der Waals surface area contributed by atoms with Crippen molar-refractivity contribution < 1.29 is 0 Å². The number of aryl methyl sites for hydroxylation is 4. The molecule has 6 aromatic rings. The highest BCUT2D eigenvalue weighted by Crippen LogP contribution is 2.24. The monoisotopic (exact) mass is 682 g/mol. The van der Waals surface area contributed by atoms with E-state index in [1.165, 1.54) is 11.1 Å². The molecule has 0 unspecified atom stereocenters. The van der Waals surface area contributed by atoms with Gasteiger partial charge < -0.3 is 0 Å². The third-order valence-electron chi connectivity index (χ3n) is 8.56. The molecule has 0 saturated carbocycles. The average molecular weight is 683 g/mol. The summed E-state index contributed by atoms with van der Waals surface area (Å²) in [6.07, 6.45) is 0. The normalized spacial score (nSPS) is 12.3. The minimum absolute atomic E-state index is 0.863. The molecule has 0 amide bonds. The van der Waals surface area contributed by atoms with Gasteiger partial charge in [0.1, 0.15) is 0 Å². The predicted molar refractivity (Wildman–Crippen MR) is 221 cm³/mol. The second kappa shape index (κ2) is 17.7. The maximum Gasteiger partial charge on any atom is 0.0849 e. The number of benzene rings is 4. The topological polar surface area (TPSA) is 75.2 Å². The Labute approximate surface area is 308 Å². The van der Waals surface area contributed by atoms with Crippen LogP contribution in [0.5, 0.6) is 0 Å². The number of hydrogen-bond acceptors (Lipinski definition) is 6. The molecule has 6 nitrogen and oxygen atoms in total. The van der Waals surface area contributed by atoms with Gasteiger partial charge in [-0.15, -0.1) is 0 Å². The molecule has 0 saturated heterocycles. The Morgan fingerprint density at radius 2 is 0.692 bits per heavy atom. The highest BCUT2D eigenvalue weighted by molar-refractivity contribution is 6.03. The van der Waals surface area contributed by atoms with Gasteiger partial charge in [0.15, 0.2) is 0 Å². The first-order chi connectivity index (χ1) is 25.1. The van der Waals surface area contributed by atoms with Gasteiger partial charge in [-0.05, 0) is 126 Å². The van der Waals surface area contributed by atoms with E-state index >= 15 is 0 Å². The quantitative estimate of drug-likeness (QED) is 0.150. The number of aliphatic imine (C=N–C) groups is 4. The van der Waals surface area contributed by atoms with Gasteiger partial charge in [-0.3, -0.25) is 20.0 Å². The van der Waals surface area contributed by atoms with Crippen molar-refractivity contribution in [1.29, 1.82) is 0 Å². The SMILES string of the molecule is CC(=Nc1ccccc1)c1cccc(C(C)=Nc2c(C)cccc2C)n1.CC(=Nc1ccccc1C)c1cccc(C(C)=Nc2ccccc2C)n1. The summed E-state index contributed by atoms with van der Waals surface area (Å²) in [4.78, 5) is 28.5. The van der Waals surface area contributed by atoms with Crippen molar-refractivity contribution in [2.75, 3.05) is 0 Å². The molecule has 4 aromatic carbocycles. The Hall–Kier alpha value is -6.14. The standard InChI is InChI=1S/2C23H23N3/c1-16-10-5-7-12-20(16)24-18(3)22-14-9-15-23(26-22)19(4)25-21-13-8-6-11-17(21)2;1-16-10-8-11-17(2)23(16)25-19(4)22-15-9-14-21(26-22)18(3)24-20-12-6-5-7-13-20/h2*5-15H,1-4H3. The Morgan fingerprint density at radius 3 is 1.13 bits per heavy atom. The van der Waals surface area contributed by atoms with E-state index < -0.39 is 0 Å². The van der Waals surface area contributed by atoms with E-state index in [2.05, 4.69) is 63.0 Å². The molecule has 0 spiro atoms. The van der Waals surface area contributed by atoms with Crippen LogP contribution in [0, 0.1) is 27.7 Å². The van der Waals surface area contributed by atoms with Crippen LogP contribution >= 0.6 is 0 Å². The van der Waals surface area contributed by atoms with E-state index in [1.54, 1.807) is 0 Å². The molecule has 260 valence electrons. The number of rotatable bonds is 8. The molecule has 6 rings (SSSR count). The van der Waals surface area contributed by atoms with E-state index in [1.807, 2.05) is 131 Å². The van der Waals surface area contributed by atoms with E-state index in [-0.39, 0.29) is 0 Å². The van der Waals surface area contributed by atoms with E-state index in [4.69, 9.17) is 24.9 Å². The van der Waals surface area contributed by atoms with Crippen LogP contribution in [-0.4, -0.2) is 32.8 Å². The van der Waals surface area contributed by atoms with Gasteiger partial charge >= 0.3 is 0 Å². The number of nitrogens with zero attached hydrogens (tertiary/aromatic N) is 6. The second-order valence-electron chi connectivity index (χ2n) is 12.8. The Balaban J connectivity index is 0.000000201. The molecule has 2 heterocycles. The minimum atomic E-state index is 0.863. The fourth-order valence-electron chi connectivity index (χ4n) is 5.49. The van der Waals surface area contributed by atoms with Crippen LogP contribution in [0.2, 0.25) is 0 Å². The summed E-state index contributed by atoms with van der Waals surface area (Å²) in [5.41, 5.74) is 15.6. The van der Waals surface area contributed by atoms with Crippen molar-refractivity contribution >= 4 is 45.6 Å². The largest absolute Gasteiger partial charge is 0.252 e. The Kier molecular flexibility index (Phi) is 12.6. The highest BCUT2D eigenvalue weighted by atomic mass is 14.8. The maximum atomic E-state index is 4.83. The molecule has 0 bridgehead atoms. The van der Waals surface area contributed by atoms with Crippen LogP contribution in [0.15, 0.2) is 153 Å². The highest BCUT2D eigenvalue weighted by Gasteiger charge is 2.08. The first-order valence-electron chi connectivity index (χ1n) is 17.5. The lowest BCUT2D eigenvalue weighted by atomic mass is 10.1.